The van der Waals surface area contributed by atoms with E-state index in [0.717, 1.165) is 16.8 Å². The number of aliphatic hydroxyl groups excluding tert-OH is 3. The van der Waals surface area contributed by atoms with Gasteiger partial charge in [0.25, 0.3) is 0 Å². The summed E-state index contributed by atoms with van der Waals surface area (Å²) < 4.78 is 52.5. The van der Waals surface area contributed by atoms with Gasteiger partial charge in [-0.15, -0.1) is 5.10 Å². The predicted octanol–water partition coefficient (Wildman–Crippen LogP) is 1.42. The Morgan fingerprint density at radius 1 is 1.03 bits per heavy atom. The van der Waals surface area contributed by atoms with Gasteiger partial charge in [-0.25, -0.2) is 17.9 Å². The molecule has 1 aromatic heterocycles. The third kappa shape index (κ3) is 4.12. The fourth-order valence-corrected chi connectivity index (χ4v) is 3.37. The quantitative estimate of drug-likeness (QED) is 0.518. The minimum atomic E-state index is -1.61. The topological polar surface area (TPSA) is 110 Å². The van der Waals surface area contributed by atoms with Crippen molar-refractivity contribution >= 4 is 0 Å². The lowest BCUT2D eigenvalue weighted by atomic mass is 9.96. The average molecular weight is 437 g/mol. The van der Waals surface area contributed by atoms with Crippen LogP contribution < -0.4 is 4.74 Å². The van der Waals surface area contributed by atoms with E-state index in [1.165, 1.54) is 6.20 Å². The second kappa shape index (κ2) is 8.63. The fourth-order valence-electron chi connectivity index (χ4n) is 3.37. The third-order valence-electron chi connectivity index (χ3n) is 4.94. The van der Waals surface area contributed by atoms with Crippen LogP contribution in [0.4, 0.5) is 13.2 Å². The van der Waals surface area contributed by atoms with Gasteiger partial charge >= 0.3 is 0 Å². The Labute approximate surface area is 174 Å². The van der Waals surface area contributed by atoms with Gasteiger partial charge in [0.1, 0.15) is 35.8 Å². The zero-order valence-electron chi connectivity index (χ0n) is 15.8. The first-order chi connectivity index (χ1) is 14.9. The molecule has 1 saturated heterocycles. The number of nitrogens with zero attached hydrogens (tertiary/aromatic N) is 3. The molecular formula is C20H18F3N3O5. The molecule has 0 bridgehead atoms. The Kier molecular flexibility index (Phi) is 5.92. The van der Waals surface area contributed by atoms with Gasteiger partial charge in [0, 0.05) is 5.56 Å². The summed E-state index contributed by atoms with van der Waals surface area (Å²) in [6.07, 6.45) is -4.01. The maximum absolute atomic E-state index is 13.6. The molecule has 5 atom stereocenters. The van der Waals surface area contributed by atoms with Gasteiger partial charge in [-0.1, -0.05) is 23.4 Å². The molecule has 0 saturated carbocycles. The minimum Gasteiger partial charge on any atom is -0.462 e. The van der Waals surface area contributed by atoms with Crippen molar-refractivity contribution in [3.05, 3.63) is 66.1 Å². The molecule has 164 valence electrons. The van der Waals surface area contributed by atoms with Crippen LogP contribution in [-0.2, 0) is 4.74 Å². The Balaban J connectivity index is 1.64. The molecule has 2 heterocycles. The first-order valence-electron chi connectivity index (χ1n) is 9.30. The van der Waals surface area contributed by atoms with E-state index in [9.17, 15) is 28.5 Å². The molecule has 1 aliphatic heterocycles. The van der Waals surface area contributed by atoms with E-state index in [2.05, 4.69) is 10.3 Å². The predicted molar refractivity (Wildman–Crippen MR) is 99.2 cm³/mol. The van der Waals surface area contributed by atoms with E-state index >= 15 is 0 Å². The van der Waals surface area contributed by atoms with Crippen molar-refractivity contribution in [2.45, 2.75) is 30.6 Å². The number of rotatable bonds is 5. The van der Waals surface area contributed by atoms with Gasteiger partial charge in [-0.2, -0.15) is 0 Å². The Morgan fingerprint density at radius 3 is 2.35 bits per heavy atom. The molecule has 11 heteroatoms. The summed E-state index contributed by atoms with van der Waals surface area (Å²) >= 11 is 0. The lowest BCUT2D eigenvalue weighted by Gasteiger charge is -2.41. The van der Waals surface area contributed by atoms with Crippen LogP contribution in [0, 0.1) is 17.5 Å². The Bertz CT molecular complexity index is 1030. The van der Waals surface area contributed by atoms with Crippen molar-refractivity contribution in [1.82, 2.24) is 15.0 Å². The lowest BCUT2D eigenvalue weighted by Crippen LogP contribution is -2.57. The number of ether oxygens (including phenoxy) is 2. The lowest BCUT2D eigenvalue weighted by molar-refractivity contribution is -0.260. The van der Waals surface area contributed by atoms with Gasteiger partial charge in [0.15, 0.2) is 17.5 Å². The Morgan fingerprint density at radius 2 is 1.71 bits per heavy atom. The summed E-state index contributed by atoms with van der Waals surface area (Å²) in [4.78, 5) is 0. The van der Waals surface area contributed by atoms with Gasteiger partial charge < -0.3 is 24.8 Å². The molecule has 2 aromatic carbocycles. The van der Waals surface area contributed by atoms with Crippen LogP contribution in [0.3, 0.4) is 0 Å². The maximum atomic E-state index is 13.6. The number of benzene rings is 2. The standard InChI is InChI=1S/C20H18F3N3O5/c21-12-6-10(7-13(22)16(12)23)14-8-26(25-24-14)17-18(28)15(9-27)31-20(19(17)29)30-11-4-2-1-3-5-11/h1-8,15,17-20,27-29H,9H2. The van der Waals surface area contributed by atoms with Crippen LogP contribution in [-0.4, -0.2) is 61.5 Å². The first-order valence-corrected chi connectivity index (χ1v) is 9.30. The molecule has 3 N–H and O–H groups in total. The first kappa shape index (κ1) is 21.2. The average Bonchev–Trinajstić information content (AvgIpc) is 3.24. The Hall–Kier alpha value is -2.99. The monoisotopic (exact) mass is 437 g/mol. The van der Waals surface area contributed by atoms with Gasteiger partial charge in [-0.3, -0.25) is 0 Å². The minimum absolute atomic E-state index is 0.0234. The summed E-state index contributed by atoms with van der Waals surface area (Å²) in [5.74, 6) is -4.02. The number of hydrogen-bond acceptors (Lipinski definition) is 7. The van der Waals surface area contributed by atoms with Crippen molar-refractivity contribution in [3.63, 3.8) is 0 Å². The van der Waals surface area contributed by atoms with Crippen LogP contribution in [0.2, 0.25) is 0 Å². The van der Waals surface area contributed by atoms with E-state index in [-0.39, 0.29) is 11.3 Å². The highest BCUT2D eigenvalue weighted by Crippen LogP contribution is 2.32. The maximum Gasteiger partial charge on any atom is 0.228 e. The van der Waals surface area contributed by atoms with Crippen LogP contribution in [0.15, 0.2) is 48.7 Å². The number of aliphatic hydroxyl groups is 3. The van der Waals surface area contributed by atoms with Crippen LogP contribution in [0.25, 0.3) is 11.3 Å². The number of halogens is 3. The highest BCUT2D eigenvalue weighted by molar-refractivity contribution is 5.57. The number of para-hydroxylation sites is 1. The number of aromatic nitrogens is 3. The van der Waals surface area contributed by atoms with Crippen LogP contribution >= 0.6 is 0 Å². The molecule has 31 heavy (non-hydrogen) atoms. The van der Waals surface area contributed by atoms with Crippen molar-refractivity contribution in [1.29, 1.82) is 0 Å². The highest BCUT2D eigenvalue weighted by atomic mass is 19.2. The van der Waals surface area contributed by atoms with Crippen LogP contribution in [0.5, 0.6) is 5.75 Å². The summed E-state index contributed by atoms with van der Waals surface area (Å²) in [7, 11) is 0. The van der Waals surface area contributed by atoms with Crippen molar-refractivity contribution in [2.24, 2.45) is 0 Å². The molecule has 3 aromatic rings. The number of hydrogen-bond donors (Lipinski definition) is 3. The molecule has 0 aliphatic carbocycles. The molecule has 8 nitrogen and oxygen atoms in total. The summed E-state index contributed by atoms with van der Waals surface area (Å²) in [6, 6.07) is 8.80. The zero-order chi connectivity index (χ0) is 22.1. The third-order valence-corrected chi connectivity index (χ3v) is 4.94. The van der Waals surface area contributed by atoms with E-state index < -0.39 is 54.7 Å². The molecule has 5 unspecified atom stereocenters. The fraction of sp³-hybridized carbons (Fsp3) is 0.300. The van der Waals surface area contributed by atoms with Gasteiger partial charge in [0.2, 0.25) is 6.29 Å². The summed E-state index contributed by atoms with van der Waals surface area (Å²) in [5.41, 5.74) is -0.112. The molecule has 4 rings (SSSR count). The SMILES string of the molecule is OCC1OC(Oc2ccccc2)C(O)C(n2cc(-c3cc(F)c(F)c(F)c3)nn2)C1O. The summed E-state index contributed by atoms with van der Waals surface area (Å²) in [6.45, 7) is -0.574. The van der Waals surface area contributed by atoms with Crippen LogP contribution in [0.1, 0.15) is 6.04 Å². The van der Waals surface area contributed by atoms with E-state index in [1.54, 1.807) is 30.3 Å². The smallest absolute Gasteiger partial charge is 0.228 e. The molecular weight excluding hydrogens is 419 g/mol. The molecule has 0 spiro atoms. The van der Waals surface area contributed by atoms with Gasteiger partial charge in [-0.05, 0) is 24.3 Å². The molecule has 0 amide bonds. The normalized spacial score (nSPS) is 26.1. The van der Waals surface area contributed by atoms with E-state index in [4.69, 9.17) is 9.47 Å². The summed E-state index contributed by atoms with van der Waals surface area (Å²) in [5, 5.41) is 38.6. The molecule has 1 fully saturated rings. The highest BCUT2D eigenvalue weighted by Gasteiger charge is 2.47. The van der Waals surface area contributed by atoms with Crippen molar-refractivity contribution in [2.75, 3.05) is 6.61 Å². The van der Waals surface area contributed by atoms with E-state index in [0.29, 0.717) is 5.75 Å². The van der Waals surface area contributed by atoms with Gasteiger partial charge in [0.05, 0.1) is 12.8 Å². The zero-order valence-corrected chi connectivity index (χ0v) is 15.8. The largest absolute Gasteiger partial charge is 0.462 e. The van der Waals surface area contributed by atoms with E-state index in [1.807, 2.05) is 0 Å². The second-order valence-corrected chi connectivity index (χ2v) is 6.97. The molecule has 1 aliphatic rings. The van der Waals surface area contributed by atoms with Crippen molar-refractivity contribution in [3.8, 4) is 17.0 Å². The molecule has 0 radical (unpaired) electrons. The second-order valence-electron chi connectivity index (χ2n) is 6.97. The van der Waals surface area contributed by atoms with Crippen molar-refractivity contribution < 1.29 is 38.0 Å².